The number of amides is 1. The van der Waals surface area contributed by atoms with E-state index in [2.05, 4.69) is 10.3 Å². The summed E-state index contributed by atoms with van der Waals surface area (Å²) in [6.07, 6.45) is 3.13. The molecule has 2 N–H and O–H groups in total. The minimum atomic E-state index is -0.269. The molecule has 6 nitrogen and oxygen atoms in total. The number of H-pyrrole nitrogens is 1. The molecule has 0 spiro atoms. The highest BCUT2D eigenvalue weighted by atomic mass is 16.6. The smallest absolute Gasteiger partial charge is 0.253 e. The zero-order chi connectivity index (χ0) is 17.8. The van der Waals surface area contributed by atoms with Crippen molar-refractivity contribution in [1.82, 2.24) is 10.3 Å². The van der Waals surface area contributed by atoms with Gasteiger partial charge in [0.05, 0.1) is 0 Å². The van der Waals surface area contributed by atoms with Crippen LogP contribution in [0.25, 0.3) is 6.08 Å². The van der Waals surface area contributed by atoms with Gasteiger partial charge >= 0.3 is 0 Å². The summed E-state index contributed by atoms with van der Waals surface area (Å²) >= 11 is 0. The van der Waals surface area contributed by atoms with Gasteiger partial charge in [0.25, 0.3) is 5.56 Å². The molecule has 0 bridgehead atoms. The van der Waals surface area contributed by atoms with Crippen LogP contribution in [0.4, 0.5) is 0 Å². The number of hydrogen-bond acceptors (Lipinski definition) is 4. The van der Waals surface area contributed by atoms with Crippen molar-refractivity contribution in [2.45, 2.75) is 20.4 Å². The Balaban J connectivity index is 1.63. The van der Waals surface area contributed by atoms with Crippen LogP contribution in [0.15, 0.2) is 35.1 Å². The topological polar surface area (TPSA) is 80.4 Å². The van der Waals surface area contributed by atoms with Gasteiger partial charge in [0.1, 0.15) is 13.2 Å². The van der Waals surface area contributed by atoms with Crippen LogP contribution in [-0.2, 0) is 11.3 Å². The highest BCUT2D eigenvalue weighted by molar-refractivity contribution is 5.91. The lowest BCUT2D eigenvalue weighted by atomic mass is 10.1. The Kier molecular flexibility index (Phi) is 4.88. The number of aryl methyl sites for hydroxylation is 2. The normalized spacial score (nSPS) is 13.0. The number of nitrogens with one attached hydrogen (secondary N) is 2. The van der Waals surface area contributed by atoms with Crippen molar-refractivity contribution in [3.63, 3.8) is 0 Å². The van der Waals surface area contributed by atoms with E-state index in [1.807, 2.05) is 38.1 Å². The van der Waals surface area contributed by atoms with Crippen molar-refractivity contribution in [3.8, 4) is 11.5 Å². The largest absolute Gasteiger partial charge is 0.486 e. The second-order valence-electron chi connectivity index (χ2n) is 5.90. The Morgan fingerprint density at radius 1 is 1.20 bits per heavy atom. The molecule has 25 heavy (non-hydrogen) atoms. The molecular formula is C19H20N2O4. The molecule has 1 aliphatic rings. The molecule has 1 aliphatic heterocycles. The van der Waals surface area contributed by atoms with Gasteiger partial charge < -0.3 is 19.8 Å². The quantitative estimate of drug-likeness (QED) is 0.835. The third-order valence-electron chi connectivity index (χ3n) is 3.93. The Bertz CT molecular complexity index is 883. The zero-order valence-corrected chi connectivity index (χ0v) is 14.2. The zero-order valence-electron chi connectivity index (χ0n) is 14.2. The summed E-state index contributed by atoms with van der Waals surface area (Å²) in [6.45, 7) is 4.93. The molecule has 0 radical (unpaired) electrons. The molecule has 0 unspecified atom stereocenters. The van der Waals surface area contributed by atoms with Gasteiger partial charge in [0.2, 0.25) is 5.91 Å². The van der Waals surface area contributed by atoms with Gasteiger partial charge in [-0.2, -0.15) is 0 Å². The van der Waals surface area contributed by atoms with Crippen molar-refractivity contribution in [2.24, 2.45) is 0 Å². The minimum Gasteiger partial charge on any atom is -0.486 e. The highest BCUT2D eigenvalue weighted by Gasteiger charge is 2.11. The van der Waals surface area contributed by atoms with Crippen molar-refractivity contribution < 1.29 is 14.3 Å². The fourth-order valence-electron chi connectivity index (χ4n) is 2.67. The summed E-state index contributed by atoms with van der Waals surface area (Å²) in [7, 11) is 0. The van der Waals surface area contributed by atoms with Crippen LogP contribution in [0.1, 0.15) is 22.4 Å². The Morgan fingerprint density at radius 2 is 1.96 bits per heavy atom. The van der Waals surface area contributed by atoms with E-state index >= 15 is 0 Å². The van der Waals surface area contributed by atoms with Crippen molar-refractivity contribution in [3.05, 3.63) is 63.1 Å². The van der Waals surface area contributed by atoms with Crippen molar-refractivity contribution in [1.29, 1.82) is 0 Å². The van der Waals surface area contributed by atoms with E-state index in [0.29, 0.717) is 30.3 Å². The SMILES string of the molecule is Cc1cc(C)c(CNC(=O)/C=C/c2ccc3c(c2)OCCO3)c(=O)[nH]1. The summed E-state index contributed by atoms with van der Waals surface area (Å²) in [6, 6.07) is 7.38. The molecule has 2 aromatic rings. The number of aromatic nitrogens is 1. The second-order valence-corrected chi connectivity index (χ2v) is 5.90. The molecule has 1 amide bonds. The fraction of sp³-hybridized carbons (Fsp3) is 0.263. The van der Waals surface area contributed by atoms with Gasteiger partial charge in [0.15, 0.2) is 11.5 Å². The molecule has 0 saturated heterocycles. The number of benzene rings is 1. The van der Waals surface area contributed by atoms with Crippen LogP contribution >= 0.6 is 0 Å². The van der Waals surface area contributed by atoms with Gasteiger partial charge in [-0.25, -0.2) is 0 Å². The lowest BCUT2D eigenvalue weighted by Gasteiger charge is -2.18. The fourth-order valence-corrected chi connectivity index (χ4v) is 2.67. The molecule has 0 saturated carbocycles. The first-order valence-electron chi connectivity index (χ1n) is 8.08. The highest BCUT2D eigenvalue weighted by Crippen LogP contribution is 2.31. The first-order valence-corrected chi connectivity index (χ1v) is 8.08. The first kappa shape index (κ1) is 16.8. The van der Waals surface area contributed by atoms with E-state index in [0.717, 1.165) is 16.8 Å². The van der Waals surface area contributed by atoms with Gasteiger partial charge in [-0.3, -0.25) is 9.59 Å². The van der Waals surface area contributed by atoms with Crippen LogP contribution in [0.2, 0.25) is 0 Å². The number of hydrogen-bond donors (Lipinski definition) is 2. The Morgan fingerprint density at radius 3 is 2.72 bits per heavy atom. The van der Waals surface area contributed by atoms with Crippen LogP contribution in [0.3, 0.4) is 0 Å². The van der Waals surface area contributed by atoms with Gasteiger partial charge in [-0.05, 0) is 49.2 Å². The first-order chi connectivity index (χ1) is 12.0. The summed E-state index contributed by atoms with van der Waals surface area (Å²) in [5.74, 6) is 1.12. The molecular weight excluding hydrogens is 320 g/mol. The van der Waals surface area contributed by atoms with E-state index in [-0.39, 0.29) is 18.0 Å². The number of rotatable bonds is 4. The molecule has 2 heterocycles. The molecule has 0 atom stereocenters. The van der Waals surface area contributed by atoms with E-state index in [9.17, 15) is 9.59 Å². The van der Waals surface area contributed by atoms with Crippen LogP contribution < -0.4 is 20.3 Å². The van der Waals surface area contributed by atoms with Gasteiger partial charge in [-0.15, -0.1) is 0 Å². The molecule has 1 aromatic heterocycles. The molecule has 6 heteroatoms. The number of carbonyl (C=O) groups excluding carboxylic acids is 1. The molecule has 3 rings (SSSR count). The van der Waals surface area contributed by atoms with E-state index in [1.165, 1.54) is 6.08 Å². The molecule has 0 fully saturated rings. The monoisotopic (exact) mass is 340 g/mol. The number of aromatic amines is 1. The predicted octanol–water partition coefficient (Wildman–Crippen LogP) is 2.09. The number of ether oxygens (including phenoxy) is 2. The van der Waals surface area contributed by atoms with Crippen LogP contribution in [-0.4, -0.2) is 24.1 Å². The lowest BCUT2D eigenvalue weighted by Crippen LogP contribution is -2.26. The number of pyridine rings is 1. The van der Waals surface area contributed by atoms with Crippen LogP contribution in [0, 0.1) is 13.8 Å². The number of fused-ring (bicyclic) bond motifs is 1. The average Bonchev–Trinajstić information content (AvgIpc) is 2.59. The lowest BCUT2D eigenvalue weighted by molar-refractivity contribution is -0.116. The maximum absolute atomic E-state index is 12.0. The van der Waals surface area contributed by atoms with E-state index in [4.69, 9.17) is 9.47 Å². The Labute approximate surface area is 145 Å². The summed E-state index contributed by atoms with van der Waals surface area (Å²) < 4.78 is 11.0. The maximum atomic E-state index is 12.0. The van der Waals surface area contributed by atoms with Crippen molar-refractivity contribution in [2.75, 3.05) is 13.2 Å². The summed E-state index contributed by atoms with van der Waals surface area (Å²) in [5, 5.41) is 2.73. The maximum Gasteiger partial charge on any atom is 0.253 e. The second kappa shape index (κ2) is 7.25. The molecule has 130 valence electrons. The minimum absolute atomic E-state index is 0.173. The average molecular weight is 340 g/mol. The van der Waals surface area contributed by atoms with Crippen LogP contribution in [0.5, 0.6) is 11.5 Å². The molecule has 0 aliphatic carbocycles. The van der Waals surface area contributed by atoms with E-state index < -0.39 is 0 Å². The van der Waals surface area contributed by atoms with E-state index in [1.54, 1.807) is 6.08 Å². The van der Waals surface area contributed by atoms with Gasteiger partial charge in [-0.1, -0.05) is 6.07 Å². The number of carbonyl (C=O) groups is 1. The summed E-state index contributed by atoms with van der Waals surface area (Å²) in [5.41, 5.74) is 2.89. The molecule has 1 aromatic carbocycles. The summed E-state index contributed by atoms with van der Waals surface area (Å²) in [4.78, 5) is 26.7. The predicted molar refractivity (Wildman–Crippen MR) is 94.8 cm³/mol. The third-order valence-corrected chi connectivity index (χ3v) is 3.93. The van der Waals surface area contributed by atoms with Gasteiger partial charge in [0, 0.05) is 23.9 Å². The third kappa shape index (κ3) is 4.09. The standard InChI is InChI=1S/C19H20N2O4/c1-12-9-13(2)21-19(23)15(12)11-20-18(22)6-4-14-3-5-16-17(10-14)25-8-7-24-16/h3-6,9-10H,7-8,11H2,1-2H3,(H,20,22)(H,21,23)/b6-4+. The van der Waals surface area contributed by atoms with Crippen molar-refractivity contribution >= 4 is 12.0 Å². The Hall–Kier alpha value is -3.02.